The SMILES string of the molecule is [2H]c1c([2H])c([2H])c2c([2H])c(-c3c4ccccc4c(-c4cccc(-n5c(C([2H])([2H])[2H])nc6ccccc65)c4)c4ccccc34)c([2H])c([2H])c2c1[2H]. The molecule has 0 aliphatic carbocycles. The van der Waals surface area contributed by atoms with Gasteiger partial charge in [0.1, 0.15) is 5.82 Å². The van der Waals surface area contributed by atoms with Gasteiger partial charge in [0.15, 0.2) is 0 Å². The van der Waals surface area contributed by atoms with Gasteiger partial charge in [0, 0.05) is 9.80 Å². The lowest BCUT2D eigenvalue weighted by molar-refractivity contribution is 1.00. The number of rotatable bonds is 3. The van der Waals surface area contributed by atoms with Crippen molar-refractivity contribution in [3.8, 4) is 27.9 Å². The van der Waals surface area contributed by atoms with Gasteiger partial charge >= 0.3 is 0 Å². The van der Waals surface area contributed by atoms with E-state index in [1.54, 1.807) is 10.6 Å². The lowest BCUT2D eigenvalue weighted by atomic mass is 9.85. The van der Waals surface area contributed by atoms with Crippen LogP contribution in [-0.2, 0) is 0 Å². The maximum atomic E-state index is 9.33. The Morgan fingerprint density at radius 3 is 2.00 bits per heavy atom. The number of aryl methyl sites for hydroxylation is 1. The summed E-state index contributed by atoms with van der Waals surface area (Å²) in [7, 11) is 0. The van der Waals surface area contributed by atoms with Crippen molar-refractivity contribution in [2.75, 3.05) is 0 Å². The Hall–Kier alpha value is -5.21. The third kappa shape index (κ3) is 3.47. The molecular formula is C38H26N2. The molecule has 2 heteroatoms. The fourth-order valence-electron chi connectivity index (χ4n) is 5.70. The monoisotopic (exact) mass is 520 g/mol. The predicted molar refractivity (Wildman–Crippen MR) is 169 cm³/mol. The number of imidazole rings is 1. The number of nitrogens with zero attached hydrogens (tertiary/aromatic N) is 2. The smallest absolute Gasteiger partial charge is 0.111 e. The van der Waals surface area contributed by atoms with E-state index in [9.17, 15) is 1.37 Å². The second kappa shape index (κ2) is 8.93. The molecule has 1 aromatic heterocycles. The number of aromatic nitrogens is 2. The molecule has 0 spiro atoms. The van der Waals surface area contributed by atoms with Crippen LogP contribution in [0.25, 0.3) is 71.3 Å². The molecule has 0 atom stereocenters. The standard InChI is InChI=1S/C38H26N2/c1-25-39-35-19-8-9-20-36(35)40(25)30-14-10-13-28(24-30)37-31-15-4-6-17-33(31)38(34-18-7-5-16-32(34)37)29-22-21-26-11-2-3-12-27(26)23-29/h2-24H,1H3/i1D3,2D,3D,11D,12D,21D,22D,23D. The molecule has 0 aliphatic rings. The molecule has 0 bridgehead atoms. The Balaban J connectivity index is 1.47. The summed E-state index contributed by atoms with van der Waals surface area (Å²) in [6.07, 6.45) is 0. The van der Waals surface area contributed by atoms with Gasteiger partial charge in [-0.2, -0.15) is 0 Å². The molecule has 2 nitrogen and oxygen atoms in total. The average molecular weight is 521 g/mol. The predicted octanol–water partition coefficient (Wildman–Crippen LogP) is 10.1. The van der Waals surface area contributed by atoms with Crippen molar-refractivity contribution in [2.45, 2.75) is 6.85 Å². The zero-order valence-electron chi connectivity index (χ0n) is 31.1. The van der Waals surface area contributed by atoms with Crippen LogP contribution in [0.2, 0.25) is 0 Å². The lowest BCUT2D eigenvalue weighted by Crippen LogP contribution is -1.97. The zero-order valence-corrected chi connectivity index (χ0v) is 21.1. The number of hydrogen-bond donors (Lipinski definition) is 0. The summed E-state index contributed by atoms with van der Waals surface area (Å²) < 4.78 is 87.3. The van der Waals surface area contributed by atoms with Gasteiger partial charge in [-0.15, -0.1) is 0 Å². The molecule has 0 N–H and O–H groups in total. The van der Waals surface area contributed by atoms with Crippen LogP contribution in [0.15, 0.2) is 139 Å². The van der Waals surface area contributed by atoms with Gasteiger partial charge in [0.2, 0.25) is 0 Å². The summed E-state index contributed by atoms with van der Waals surface area (Å²) in [5, 5.41) is 2.68. The minimum Gasteiger partial charge on any atom is -0.297 e. The minimum atomic E-state index is -2.48. The van der Waals surface area contributed by atoms with E-state index in [1.165, 1.54) is 0 Å². The molecule has 1 heterocycles. The topological polar surface area (TPSA) is 17.8 Å². The summed E-state index contributed by atoms with van der Waals surface area (Å²) in [5.41, 5.74) is 4.09. The largest absolute Gasteiger partial charge is 0.297 e. The highest BCUT2D eigenvalue weighted by Crippen LogP contribution is 2.44. The highest BCUT2D eigenvalue weighted by atomic mass is 15.1. The van der Waals surface area contributed by atoms with Crippen molar-refractivity contribution in [3.05, 3.63) is 145 Å². The highest BCUT2D eigenvalue weighted by molar-refractivity contribution is 6.21. The first-order chi connectivity index (χ1) is 23.9. The van der Waals surface area contributed by atoms with E-state index in [4.69, 9.17) is 12.3 Å². The van der Waals surface area contributed by atoms with Gasteiger partial charge in [-0.1, -0.05) is 109 Å². The third-order valence-electron chi connectivity index (χ3n) is 7.39. The van der Waals surface area contributed by atoms with Crippen LogP contribution in [0.3, 0.4) is 0 Å². The second-order valence-corrected chi connectivity index (χ2v) is 9.65. The molecule has 0 saturated heterocycles. The van der Waals surface area contributed by atoms with Crippen molar-refractivity contribution in [1.29, 1.82) is 0 Å². The fourth-order valence-corrected chi connectivity index (χ4v) is 5.70. The van der Waals surface area contributed by atoms with Crippen LogP contribution in [-0.4, -0.2) is 9.55 Å². The van der Waals surface area contributed by atoms with Crippen molar-refractivity contribution < 1.29 is 13.7 Å². The first kappa shape index (κ1) is 14.8. The summed E-state index contributed by atoms with van der Waals surface area (Å²) >= 11 is 0. The zero-order chi connectivity index (χ0) is 35.2. The maximum absolute atomic E-state index is 9.33. The van der Waals surface area contributed by atoms with Gasteiger partial charge in [0.25, 0.3) is 0 Å². The third-order valence-corrected chi connectivity index (χ3v) is 7.39. The number of para-hydroxylation sites is 2. The van der Waals surface area contributed by atoms with E-state index in [0.717, 1.165) is 21.9 Å². The Morgan fingerprint density at radius 2 is 1.27 bits per heavy atom. The van der Waals surface area contributed by atoms with E-state index in [1.807, 2.05) is 91.0 Å². The highest BCUT2D eigenvalue weighted by Gasteiger charge is 2.17. The molecule has 0 amide bonds. The second-order valence-electron chi connectivity index (χ2n) is 9.65. The van der Waals surface area contributed by atoms with Gasteiger partial charge in [0.05, 0.1) is 20.6 Å². The molecule has 0 unspecified atom stereocenters. The molecule has 8 rings (SSSR count). The van der Waals surface area contributed by atoms with Gasteiger partial charge in [-0.25, -0.2) is 4.98 Å². The van der Waals surface area contributed by atoms with Crippen LogP contribution < -0.4 is 0 Å². The van der Waals surface area contributed by atoms with E-state index in [2.05, 4.69) is 4.98 Å². The number of fused-ring (bicyclic) bond motifs is 4. The summed E-state index contributed by atoms with van der Waals surface area (Å²) in [4.78, 5) is 4.48. The van der Waals surface area contributed by atoms with Crippen LogP contribution in [0, 0.1) is 6.85 Å². The van der Waals surface area contributed by atoms with Gasteiger partial charge in [-0.3, -0.25) is 4.57 Å². The summed E-state index contributed by atoms with van der Waals surface area (Å²) in [6.45, 7) is -2.48. The van der Waals surface area contributed by atoms with E-state index < -0.39 is 31.0 Å². The van der Waals surface area contributed by atoms with E-state index in [-0.39, 0.29) is 40.3 Å². The summed E-state index contributed by atoms with van der Waals surface area (Å²) in [6, 6.07) is 27.2. The number of benzene rings is 7. The molecule has 0 radical (unpaired) electrons. The van der Waals surface area contributed by atoms with Gasteiger partial charge < -0.3 is 0 Å². The van der Waals surface area contributed by atoms with Crippen molar-refractivity contribution in [1.82, 2.24) is 9.55 Å². The molecular weight excluding hydrogens is 484 g/mol. The normalized spacial score (nSPS) is 15.5. The molecule has 188 valence electrons. The maximum Gasteiger partial charge on any atom is 0.111 e. The van der Waals surface area contributed by atoms with Crippen molar-refractivity contribution >= 4 is 43.4 Å². The fraction of sp³-hybridized carbons (Fsp3) is 0.0263. The first-order valence-electron chi connectivity index (χ1n) is 17.9. The molecule has 0 saturated carbocycles. The van der Waals surface area contributed by atoms with Crippen LogP contribution in [0.5, 0.6) is 0 Å². The average Bonchev–Trinajstić information content (AvgIpc) is 3.52. The molecule has 8 aromatic rings. The van der Waals surface area contributed by atoms with Crippen LogP contribution in [0.4, 0.5) is 0 Å². The van der Waals surface area contributed by atoms with Crippen molar-refractivity contribution in [3.63, 3.8) is 0 Å². The molecule has 0 aliphatic heterocycles. The Bertz CT molecular complexity index is 2670. The minimum absolute atomic E-state index is 0.0488. The quantitative estimate of drug-likeness (QED) is 0.212. The molecule has 7 aromatic carbocycles. The Morgan fingerprint density at radius 1 is 0.625 bits per heavy atom. The van der Waals surface area contributed by atoms with Crippen LogP contribution in [0.1, 0.15) is 19.5 Å². The Labute approximate surface area is 246 Å². The summed E-state index contributed by atoms with van der Waals surface area (Å²) in [5.74, 6) is -0.0488. The lowest BCUT2D eigenvalue weighted by Gasteiger charge is -2.18. The van der Waals surface area contributed by atoms with Crippen molar-refractivity contribution in [2.24, 2.45) is 0 Å². The van der Waals surface area contributed by atoms with E-state index in [0.29, 0.717) is 33.1 Å². The Kier molecular flexibility index (Phi) is 3.31. The van der Waals surface area contributed by atoms with E-state index >= 15 is 0 Å². The molecule has 40 heavy (non-hydrogen) atoms. The first-order valence-corrected chi connectivity index (χ1v) is 12.9. The van der Waals surface area contributed by atoms with Crippen LogP contribution >= 0.6 is 0 Å². The van der Waals surface area contributed by atoms with Gasteiger partial charge in [-0.05, 0) is 91.7 Å². The molecule has 0 fully saturated rings. The number of hydrogen-bond acceptors (Lipinski definition) is 1.